The molecule has 242 valence electrons. The van der Waals surface area contributed by atoms with Gasteiger partial charge in [0, 0.05) is 47.8 Å². The molecule has 0 aliphatic heterocycles. The molecule has 4 aromatic heterocycles. The van der Waals surface area contributed by atoms with Crippen LogP contribution in [0.5, 0.6) is 23.0 Å². The van der Waals surface area contributed by atoms with Gasteiger partial charge < -0.3 is 24.0 Å². The van der Waals surface area contributed by atoms with Gasteiger partial charge in [-0.1, -0.05) is 73.4 Å². The molecule has 9 heteroatoms. The van der Waals surface area contributed by atoms with Crippen LogP contribution in [0.4, 0.5) is 0 Å². The van der Waals surface area contributed by atoms with Gasteiger partial charge in [-0.2, -0.15) is 22.9 Å². The summed E-state index contributed by atoms with van der Waals surface area (Å²) in [5, 5.41) is 1.90. The molecule has 0 aliphatic rings. The number of ether oxygens (including phenoxy) is 2. The number of hydrogen-bond donors (Lipinski definition) is 0. The summed E-state index contributed by atoms with van der Waals surface area (Å²) in [7, 11) is 0. The second kappa shape index (κ2) is 14.6. The van der Waals surface area contributed by atoms with Crippen molar-refractivity contribution in [3.8, 4) is 51.5 Å². The van der Waals surface area contributed by atoms with Crippen LogP contribution in [0.3, 0.4) is 0 Å². The summed E-state index contributed by atoms with van der Waals surface area (Å²) >= 11 is 0. The van der Waals surface area contributed by atoms with Gasteiger partial charge in [-0.05, 0) is 29.6 Å². The summed E-state index contributed by atoms with van der Waals surface area (Å²) in [4.78, 5) is 18.1. The number of rotatable bonds is 7. The first-order valence-corrected chi connectivity index (χ1v) is 15.0. The normalized spacial score (nSPS) is 10.7. The Bertz CT molecular complexity index is 2240. The van der Waals surface area contributed by atoms with Crippen molar-refractivity contribution < 1.29 is 51.0 Å². The van der Waals surface area contributed by atoms with Crippen molar-refractivity contribution in [3.05, 3.63) is 151 Å². The SMILES string of the molecule is Cc1cc(Oc2[c-]c3c(cc2)c2ccc(Oc4[c-]c(-c5ccccn5)cc(C)c4)[c-]c2n3-c2ncccn2)[c-]c(-c2ccccn2)c1.[Pd+2].[Pt+2]. The second-order valence-electron chi connectivity index (χ2n) is 11.1. The summed E-state index contributed by atoms with van der Waals surface area (Å²) in [6.45, 7) is 4.04. The molecule has 0 saturated carbocycles. The summed E-state index contributed by atoms with van der Waals surface area (Å²) in [5.74, 6) is 2.68. The Morgan fingerprint density at radius 1 is 0.510 bits per heavy atom. The van der Waals surface area contributed by atoms with Crippen molar-refractivity contribution in [1.29, 1.82) is 0 Å². The van der Waals surface area contributed by atoms with Crippen molar-refractivity contribution in [3.63, 3.8) is 0 Å². The Morgan fingerprint density at radius 3 is 1.43 bits per heavy atom. The van der Waals surface area contributed by atoms with Gasteiger partial charge in [-0.3, -0.25) is 0 Å². The molecule has 7 nitrogen and oxygen atoms in total. The Kier molecular flexibility index (Phi) is 10.1. The van der Waals surface area contributed by atoms with Crippen LogP contribution >= 0.6 is 0 Å². The Balaban J connectivity index is 0.00000208. The van der Waals surface area contributed by atoms with Crippen LogP contribution < -0.4 is 9.47 Å². The van der Waals surface area contributed by atoms with E-state index in [9.17, 15) is 0 Å². The fourth-order valence-corrected chi connectivity index (χ4v) is 5.58. The molecule has 0 bridgehead atoms. The quantitative estimate of drug-likeness (QED) is 0.117. The maximum Gasteiger partial charge on any atom is 2.00 e. The number of nitrogens with zero attached hydrogens (tertiary/aromatic N) is 5. The van der Waals surface area contributed by atoms with Gasteiger partial charge in [0.2, 0.25) is 5.95 Å². The third kappa shape index (κ3) is 7.09. The minimum Gasteiger partial charge on any atom is -0.503 e. The van der Waals surface area contributed by atoms with E-state index in [1.165, 1.54) is 0 Å². The maximum atomic E-state index is 6.34. The van der Waals surface area contributed by atoms with Crippen molar-refractivity contribution in [2.45, 2.75) is 13.8 Å². The zero-order chi connectivity index (χ0) is 31.7. The third-order valence-electron chi connectivity index (χ3n) is 7.58. The van der Waals surface area contributed by atoms with Gasteiger partial charge in [-0.25, -0.2) is 9.97 Å². The first-order chi connectivity index (χ1) is 23.1. The second-order valence-corrected chi connectivity index (χ2v) is 11.1. The number of fused-ring (bicyclic) bond motifs is 3. The van der Waals surface area contributed by atoms with Crippen LogP contribution in [0, 0.1) is 38.1 Å². The predicted octanol–water partition coefficient (Wildman–Crippen LogP) is 9.09. The summed E-state index contributed by atoms with van der Waals surface area (Å²) in [6.07, 6.45) is 6.96. The molecule has 8 aromatic rings. The average Bonchev–Trinajstić information content (AvgIpc) is 3.41. The fraction of sp³-hybridized carbons (Fsp3) is 0.0500. The largest absolute Gasteiger partial charge is 2.00 e. The molecule has 0 fully saturated rings. The van der Waals surface area contributed by atoms with Crippen molar-refractivity contribution >= 4 is 21.8 Å². The molecule has 0 unspecified atom stereocenters. The smallest absolute Gasteiger partial charge is 0.503 e. The zero-order valence-corrected chi connectivity index (χ0v) is 30.0. The van der Waals surface area contributed by atoms with E-state index in [1.54, 1.807) is 30.9 Å². The molecule has 4 heterocycles. The van der Waals surface area contributed by atoms with Gasteiger partial charge in [-0.15, -0.1) is 58.7 Å². The van der Waals surface area contributed by atoms with E-state index in [0.717, 1.165) is 55.4 Å². The third-order valence-corrected chi connectivity index (χ3v) is 7.58. The molecule has 0 aliphatic carbocycles. The van der Waals surface area contributed by atoms with Gasteiger partial charge in [0.1, 0.15) is 0 Å². The van der Waals surface area contributed by atoms with Gasteiger partial charge in [0.15, 0.2) is 0 Å². The number of aryl methyl sites for hydroxylation is 2. The first-order valence-electron chi connectivity index (χ1n) is 15.0. The zero-order valence-electron chi connectivity index (χ0n) is 26.2. The first kappa shape index (κ1) is 33.9. The minimum absolute atomic E-state index is 0. The van der Waals surface area contributed by atoms with Crippen molar-refractivity contribution in [1.82, 2.24) is 24.5 Å². The van der Waals surface area contributed by atoms with Crippen molar-refractivity contribution in [2.24, 2.45) is 0 Å². The summed E-state index contributed by atoms with van der Waals surface area (Å²) < 4.78 is 14.6. The van der Waals surface area contributed by atoms with Crippen molar-refractivity contribution in [2.75, 3.05) is 0 Å². The van der Waals surface area contributed by atoms with Crippen LogP contribution in [-0.4, -0.2) is 24.5 Å². The fourth-order valence-electron chi connectivity index (χ4n) is 5.58. The number of hydrogen-bond acceptors (Lipinski definition) is 6. The topological polar surface area (TPSA) is 75.0 Å². The Labute approximate surface area is 312 Å². The van der Waals surface area contributed by atoms with E-state index in [0.29, 0.717) is 28.9 Å². The molecule has 0 amide bonds. The molecule has 8 rings (SSSR count). The van der Waals surface area contributed by atoms with Crippen LogP contribution in [-0.2, 0) is 41.5 Å². The molecule has 49 heavy (non-hydrogen) atoms. The van der Waals surface area contributed by atoms with Gasteiger partial charge in [0.25, 0.3) is 0 Å². The average molecular weight is 909 g/mol. The van der Waals surface area contributed by atoms with E-state index < -0.39 is 0 Å². The van der Waals surface area contributed by atoms with Crippen LogP contribution in [0.15, 0.2) is 116 Å². The maximum absolute atomic E-state index is 6.34. The van der Waals surface area contributed by atoms with E-state index in [4.69, 9.17) is 9.47 Å². The predicted molar refractivity (Wildman–Crippen MR) is 181 cm³/mol. The minimum atomic E-state index is 0. The van der Waals surface area contributed by atoms with E-state index in [-0.39, 0.29) is 41.5 Å². The van der Waals surface area contributed by atoms with E-state index >= 15 is 0 Å². The standard InChI is InChI=1S/C40H25N5O2.Pd.Pt/c1-26-18-28(36-8-3-5-14-41-36)22-32(20-26)46-30-10-12-34-35-13-11-31(25-39(35)45(38(34)24-30)40-43-16-7-17-44-40)47-33-21-27(2)19-29(23-33)37-9-4-6-15-42-37;;/h3-21H,1-2H3;;/q-4;2*+2. The Morgan fingerprint density at radius 2 is 0.980 bits per heavy atom. The van der Waals surface area contributed by atoms with Crippen LogP contribution in [0.1, 0.15) is 11.1 Å². The summed E-state index contributed by atoms with van der Waals surface area (Å²) in [5.41, 5.74) is 6.92. The van der Waals surface area contributed by atoms with Crippen LogP contribution in [0.25, 0.3) is 50.3 Å². The van der Waals surface area contributed by atoms with Gasteiger partial charge >= 0.3 is 41.5 Å². The number of pyridine rings is 2. The number of benzene rings is 4. The summed E-state index contributed by atoms with van der Waals surface area (Å²) in [6, 6.07) is 42.8. The molecule has 0 radical (unpaired) electrons. The Hall–Kier alpha value is -4.99. The van der Waals surface area contributed by atoms with Crippen LogP contribution in [0.2, 0.25) is 0 Å². The molecule has 4 aromatic carbocycles. The molecule has 0 spiro atoms. The molecule has 0 N–H and O–H groups in total. The molecule has 0 saturated heterocycles. The monoisotopic (exact) mass is 908 g/mol. The molecule has 0 atom stereocenters. The molecular formula is C40H25N5O2PdPt. The van der Waals surface area contributed by atoms with Gasteiger partial charge in [0.05, 0.1) is 0 Å². The van der Waals surface area contributed by atoms with E-state index in [1.807, 2.05) is 103 Å². The molecular weight excluding hydrogens is 884 g/mol. The van der Waals surface area contributed by atoms with E-state index in [2.05, 4.69) is 44.2 Å². The number of aromatic nitrogens is 5.